The number of nitrogens with two attached hydrogens (primary N) is 1. The van der Waals surface area contributed by atoms with Crippen LogP contribution in [0.5, 0.6) is 5.75 Å². The molecular formula is C9H12N2O3. The van der Waals surface area contributed by atoms with Crippen LogP contribution in [0.25, 0.3) is 0 Å². The molecule has 2 N–H and O–H groups in total. The first kappa shape index (κ1) is 10.5. The summed E-state index contributed by atoms with van der Waals surface area (Å²) < 4.78 is 5.25. The molecule has 0 amide bonds. The fourth-order valence-electron chi connectivity index (χ4n) is 1.03. The third kappa shape index (κ3) is 2.43. The maximum atomic E-state index is 10.5. The molecule has 1 rings (SSSR count). The summed E-state index contributed by atoms with van der Waals surface area (Å²) in [5.74, 6) is 0.518. The third-order valence-electron chi connectivity index (χ3n) is 1.76. The maximum absolute atomic E-state index is 10.5. The van der Waals surface area contributed by atoms with Gasteiger partial charge in [0.15, 0.2) is 0 Å². The molecule has 5 heteroatoms. The fourth-order valence-corrected chi connectivity index (χ4v) is 1.03. The highest BCUT2D eigenvalue weighted by molar-refractivity contribution is 5.43. The van der Waals surface area contributed by atoms with Crippen molar-refractivity contribution < 1.29 is 9.66 Å². The van der Waals surface area contributed by atoms with Crippen molar-refractivity contribution in [2.24, 2.45) is 5.73 Å². The van der Waals surface area contributed by atoms with E-state index in [2.05, 4.69) is 0 Å². The minimum atomic E-state index is -0.450. The summed E-state index contributed by atoms with van der Waals surface area (Å²) in [6, 6.07) is 4.51. The normalized spacial score (nSPS) is 9.86. The molecule has 1 aromatic carbocycles. The van der Waals surface area contributed by atoms with Gasteiger partial charge in [0.25, 0.3) is 5.69 Å². The molecule has 0 heterocycles. The lowest BCUT2D eigenvalue weighted by Gasteiger charge is -2.06. The van der Waals surface area contributed by atoms with Gasteiger partial charge in [-0.1, -0.05) is 0 Å². The number of nitrogens with zero attached hydrogens (tertiary/aromatic N) is 1. The molecule has 5 nitrogen and oxygen atoms in total. The van der Waals surface area contributed by atoms with Crippen LogP contribution in [-0.2, 0) is 0 Å². The maximum Gasteiger partial charge on any atom is 0.273 e. The molecule has 0 spiro atoms. The predicted molar refractivity (Wildman–Crippen MR) is 52.4 cm³/mol. The summed E-state index contributed by atoms with van der Waals surface area (Å²) in [7, 11) is 0. The van der Waals surface area contributed by atoms with Crippen LogP contribution in [0.3, 0.4) is 0 Å². The number of benzene rings is 1. The van der Waals surface area contributed by atoms with Crippen molar-refractivity contribution in [3.05, 3.63) is 33.9 Å². The minimum absolute atomic E-state index is 0.0302. The molecule has 1 aromatic rings. The smallest absolute Gasteiger partial charge is 0.273 e. The number of aryl methyl sites for hydroxylation is 1. The first-order valence-corrected chi connectivity index (χ1v) is 4.23. The quantitative estimate of drug-likeness (QED) is 0.580. The lowest BCUT2D eigenvalue weighted by Crippen LogP contribution is -2.11. The second-order valence-electron chi connectivity index (χ2n) is 2.84. The van der Waals surface area contributed by atoms with Gasteiger partial charge in [0, 0.05) is 12.6 Å². The third-order valence-corrected chi connectivity index (χ3v) is 1.76. The van der Waals surface area contributed by atoms with E-state index in [1.54, 1.807) is 6.07 Å². The second-order valence-corrected chi connectivity index (χ2v) is 2.84. The summed E-state index contributed by atoms with van der Waals surface area (Å²) in [5.41, 5.74) is 6.16. The van der Waals surface area contributed by atoms with Crippen LogP contribution in [0, 0.1) is 17.0 Å². The Morgan fingerprint density at radius 1 is 1.57 bits per heavy atom. The highest BCUT2D eigenvalue weighted by Crippen LogP contribution is 2.23. The zero-order valence-electron chi connectivity index (χ0n) is 7.90. The van der Waals surface area contributed by atoms with Crippen molar-refractivity contribution >= 4 is 5.69 Å². The Labute approximate surface area is 81.6 Å². The van der Waals surface area contributed by atoms with Crippen LogP contribution in [0.4, 0.5) is 5.69 Å². The highest BCUT2D eigenvalue weighted by Gasteiger charge is 2.08. The number of nitro benzene ring substituents is 1. The summed E-state index contributed by atoms with van der Waals surface area (Å²) >= 11 is 0. The van der Waals surface area contributed by atoms with E-state index in [0.29, 0.717) is 18.9 Å². The van der Waals surface area contributed by atoms with Crippen molar-refractivity contribution in [1.29, 1.82) is 0 Å². The van der Waals surface area contributed by atoms with Crippen molar-refractivity contribution in [2.75, 3.05) is 13.2 Å². The lowest BCUT2D eigenvalue weighted by atomic mass is 10.2. The van der Waals surface area contributed by atoms with Crippen LogP contribution in [0.2, 0.25) is 0 Å². The van der Waals surface area contributed by atoms with E-state index in [4.69, 9.17) is 10.5 Å². The van der Waals surface area contributed by atoms with Crippen molar-refractivity contribution in [2.45, 2.75) is 6.92 Å². The fraction of sp³-hybridized carbons (Fsp3) is 0.333. The molecule has 0 unspecified atom stereocenters. The highest BCUT2D eigenvalue weighted by atomic mass is 16.6. The largest absolute Gasteiger partial charge is 0.492 e. The van der Waals surface area contributed by atoms with E-state index in [0.717, 1.165) is 5.56 Å². The standard InChI is InChI=1S/C9H12N2O3/c1-7-2-3-8(11(12)13)6-9(7)14-5-4-10/h2-3,6H,4-5,10H2,1H3. The molecule has 0 bridgehead atoms. The van der Waals surface area contributed by atoms with Crippen LogP contribution in [0.15, 0.2) is 18.2 Å². The van der Waals surface area contributed by atoms with E-state index >= 15 is 0 Å². The van der Waals surface area contributed by atoms with Gasteiger partial charge < -0.3 is 10.5 Å². The molecule has 76 valence electrons. The van der Waals surface area contributed by atoms with Gasteiger partial charge in [-0.3, -0.25) is 10.1 Å². The summed E-state index contributed by atoms with van der Waals surface area (Å²) in [6.07, 6.45) is 0. The lowest BCUT2D eigenvalue weighted by molar-refractivity contribution is -0.384. The van der Waals surface area contributed by atoms with Gasteiger partial charge in [0.2, 0.25) is 0 Å². The molecule has 0 aliphatic rings. The Morgan fingerprint density at radius 2 is 2.29 bits per heavy atom. The zero-order chi connectivity index (χ0) is 10.6. The first-order chi connectivity index (χ1) is 6.65. The van der Waals surface area contributed by atoms with Gasteiger partial charge in [-0.05, 0) is 18.6 Å². The molecule has 0 radical (unpaired) electrons. The molecule has 0 fully saturated rings. The van der Waals surface area contributed by atoms with Gasteiger partial charge in [-0.15, -0.1) is 0 Å². The number of nitro groups is 1. The molecule has 0 aliphatic carbocycles. The Hall–Kier alpha value is -1.62. The van der Waals surface area contributed by atoms with Crippen LogP contribution in [-0.4, -0.2) is 18.1 Å². The minimum Gasteiger partial charge on any atom is -0.492 e. The van der Waals surface area contributed by atoms with E-state index < -0.39 is 4.92 Å². The van der Waals surface area contributed by atoms with Gasteiger partial charge in [-0.2, -0.15) is 0 Å². The Bertz CT molecular complexity index is 339. The molecular weight excluding hydrogens is 184 g/mol. The molecule has 0 aliphatic heterocycles. The van der Waals surface area contributed by atoms with Crippen LogP contribution >= 0.6 is 0 Å². The molecule has 0 saturated carbocycles. The zero-order valence-corrected chi connectivity index (χ0v) is 7.90. The average molecular weight is 196 g/mol. The summed E-state index contributed by atoms with van der Waals surface area (Å²) in [5, 5.41) is 10.5. The van der Waals surface area contributed by atoms with Crippen LogP contribution in [0.1, 0.15) is 5.56 Å². The van der Waals surface area contributed by atoms with Crippen molar-refractivity contribution in [3.8, 4) is 5.75 Å². The van der Waals surface area contributed by atoms with Crippen molar-refractivity contribution in [1.82, 2.24) is 0 Å². The average Bonchev–Trinajstić information content (AvgIpc) is 2.16. The van der Waals surface area contributed by atoms with Gasteiger partial charge >= 0.3 is 0 Å². The first-order valence-electron chi connectivity index (χ1n) is 4.23. The SMILES string of the molecule is Cc1ccc([N+](=O)[O-])cc1OCCN. The monoisotopic (exact) mass is 196 g/mol. The van der Waals surface area contributed by atoms with Gasteiger partial charge in [-0.25, -0.2) is 0 Å². The van der Waals surface area contributed by atoms with Gasteiger partial charge in [0.05, 0.1) is 11.0 Å². The van der Waals surface area contributed by atoms with E-state index in [1.165, 1.54) is 12.1 Å². The van der Waals surface area contributed by atoms with Crippen LogP contribution < -0.4 is 10.5 Å². The van der Waals surface area contributed by atoms with E-state index in [-0.39, 0.29) is 5.69 Å². The second kappa shape index (κ2) is 4.57. The Balaban J connectivity index is 2.90. The topological polar surface area (TPSA) is 78.4 Å². The molecule has 0 saturated heterocycles. The van der Waals surface area contributed by atoms with E-state index in [1.807, 2.05) is 6.92 Å². The number of rotatable bonds is 4. The molecule has 14 heavy (non-hydrogen) atoms. The number of ether oxygens (including phenoxy) is 1. The van der Waals surface area contributed by atoms with E-state index in [9.17, 15) is 10.1 Å². The summed E-state index contributed by atoms with van der Waals surface area (Å²) in [6.45, 7) is 2.58. The predicted octanol–water partition coefficient (Wildman–Crippen LogP) is 1.24. The van der Waals surface area contributed by atoms with Crippen molar-refractivity contribution in [3.63, 3.8) is 0 Å². The Kier molecular flexibility index (Phi) is 3.41. The molecule has 0 atom stereocenters. The number of non-ortho nitro benzene ring substituents is 1. The molecule has 0 aromatic heterocycles. The van der Waals surface area contributed by atoms with Gasteiger partial charge in [0.1, 0.15) is 12.4 Å². The Morgan fingerprint density at radius 3 is 2.86 bits per heavy atom. The number of hydrogen-bond acceptors (Lipinski definition) is 4. The number of hydrogen-bond donors (Lipinski definition) is 1. The summed E-state index contributed by atoms with van der Waals surface area (Å²) in [4.78, 5) is 10.0.